The Morgan fingerprint density at radius 2 is 0.797 bits per heavy atom. The van der Waals surface area contributed by atoms with Gasteiger partial charge < -0.3 is 0 Å². The van der Waals surface area contributed by atoms with Gasteiger partial charge >= 0.3 is 0 Å². The Labute approximate surface area is 381 Å². The van der Waals surface area contributed by atoms with E-state index in [2.05, 4.69) is 235 Å². The van der Waals surface area contributed by atoms with E-state index in [0.29, 0.717) is 5.92 Å². The molecule has 1 unspecified atom stereocenters. The highest BCUT2D eigenvalue weighted by Crippen LogP contribution is 2.48. The number of fused-ring (bicyclic) bond motifs is 9. The van der Waals surface area contributed by atoms with E-state index >= 15 is 0 Å². The Balaban J connectivity index is 0.000000140. The van der Waals surface area contributed by atoms with Gasteiger partial charge in [0.1, 0.15) is 0 Å². The quantitative estimate of drug-likeness (QED) is 0.152. The SMILES string of the molecule is CC.CCCC1c2ccccc2-c2cc(-c3ccc(C)c(-c4ccccc4C)c3)ccc21.Cc1ccc2c3ccccc3c3ccccc3c2c1.Cc1cccc(-c2ccccc2)c1. The second kappa shape index (κ2) is 20.0. The van der Waals surface area contributed by atoms with Gasteiger partial charge in [-0.25, -0.2) is 0 Å². The van der Waals surface area contributed by atoms with E-state index in [1.54, 1.807) is 0 Å². The molecule has 0 radical (unpaired) electrons. The van der Waals surface area contributed by atoms with Crippen molar-refractivity contribution in [2.45, 2.75) is 67.2 Å². The van der Waals surface area contributed by atoms with Gasteiger partial charge in [-0.15, -0.1) is 0 Å². The molecular weight excluding hydrogens is 769 g/mol. The van der Waals surface area contributed by atoms with Gasteiger partial charge in [0.2, 0.25) is 0 Å². The molecule has 11 rings (SSSR count). The van der Waals surface area contributed by atoms with Crippen molar-refractivity contribution in [1.29, 1.82) is 0 Å². The number of benzene rings is 10. The Morgan fingerprint density at radius 1 is 0.312 bits per heavy atom. The van der Waals surface area contributed by atoms with E-state index in [-0.39, 0.29) is 0 Å². The van der Waals surface area contributed by atoms with Crippen LogP contribution in [0.4, 0.5) is 0 Å². The van der Waals surface area contributed by atoms with Crippen LogP contribution in [0.5, 0.6) is 0 Å². The number of hydrogen-bond acceptors (Lipinski definition) is 0. The molecule has 1 aliphatic carbocycles. The second-order valence-electron chi connectivity index (χ2n) is 17.0. The van der Waals surface area contributed by atoms with Crippen LogP contribution in [-0.2, 0) is 0 Å². The van der Waals surface area contributed by atoms with E-state index in [0.717, 1.165) is 0 Å². The summed E-state index contributed by atoms with van der Waals surface area (Å²) >= 11 is 0. The van der Waals surface area contributed by atoms with E-state index in [4.69, 9.17) is 0 Å². The zero-order chi connectivity index (χ0) is 44.6. The zero-order valence-corrected chi connectivity index (χ0v) is 38.6. The third-order valence-corrected chi connectivity index (χ3v) is 12.7. The van der Waals surface area contributed by atoms with Crippen LogP contribution in [0.2, 0.25) is 0 Å². The molecule has 0 fully saturated rings. The molecule has 316 valence electrons. The number of rotatable bonds is 5. The normalized spacial score (nSPS) is 12.3. The summed E-state index contributed by atoms with van der Waals surface area (Å²) in [6, 6.07) is 74.8. The summed E-state index contributed by atoms with van der Waals surface area (Å²) in [5.41, 5.74) is 18.9. The zero-order valence-electron chi connectivity index (χ0n) is 38.6. The molecule has 1 atom stereocenters. The average molecular weight is 829 g/mol. The first-order valence-electron chi connectivity index (χ1n) is 23.2. The predicted octanol–water partition coefficient (Wildman–Crippen LogP) is 18.7. The maximum absolute atomic E-state index is 2.41. The third-order valence-electron chi connectivity index (χ3n) is 12.7. The highest BCUT2D eigenvalue weighted by molar-refractivity contribution is 6.25. The van der Waals surface area contributed by atoms with Crippen molar-refractivity contribution < 1.29 is 0 Å². The van der Waals surface area contributed by atoms with Crippen LogP contribution in [0.1, 0.15) is 72.9 Å². The molecule has 0 aliphatic heterocycles. The van der Waals surface area contributed by atoms with Crippen molar-refractivity contribution in [2.24, 2.45) is 0 Å². The lowest BCUT2D eigenvalue weighted by molar-refractivity contribution is 0.711. The molecule has 1 aliphatic rings. The van der Waals surface area contributed by atoms with Gasteiger partial charge in [-0.1, -0.05) is 232 Å². The fourth-order valence-corrected chi connectivity index (χ4v) is 9.53. The largest absolute Gasteiger partial charge is 0.0683 e. The van der Waals surface area contributed by atoms with Gasteiger partial charge in [0.05, 0.1) is 0 Å². The van der Waals surface area contributed by atoms with Crippen LogP contribution in [0, 0.1) is 27.7 Å². The fraction of sp³-hybridized carbons (Fsp3) is 0.156. The lowest BCUT2D eigenvalue weighted by atomic mass is 9.90. The molecule has 10 aromatic carbocycles. The summed E-state index contributed by atoms with van der Waals surface area (Å²) < 4.78 is 0. The van der Waals surface area contributed by atoms with Crippen molar-refractivity contribution in [3.05, 3.63) is 240 Å². The van der Waals surface area contributed by atoms with Crippen LogP contribution < -0.4 is 0 Å². The maximum atomic E-state index is 2.41. The van der Waals surface area contributed by atoms with Crippen molar-refractivity contribution in [1.82, 2.24) is 0 Å². The van der Waals surface area contributed by atoms with Crippen LogP contribution in [-0.4, -0.2) is 0 Å². The number of aryl methyl sites for hydroxylation is 4. The lowest BCUT2D eigenvalue weighted by Crippen LogP contribution is -1.95. The van der Waals surface area contributed by atoms with Gasteiger partial charge in [0.15, 0.2) is 0 Å². The van der Waals surface area contributed by atoms with E-state index in [9.17, 15) is 0 Å². The summed E-state index contributed by atoms with van der Waals surface area (Å²) in [5.74, 6) is 0.538. The Morgan fingerprint density at radius 3 is 1.45 bits per heavy atom. The molecule has 0 spiro atoms. The van der Waals surface area contributed by atoms with Gasteiger partial charge in [-0.2, -0.15) is 0 Å². The molecule has 0 saturated carbocycles. The monoisotopic (exact) mass is 828 g/mol. The molecule has 0 aromatic heterocycles. The summed E-state index contributed by atoms with van der Waals surface area (Å²) in [5, 5.41) is 8.08. The molecule has 0 heteroatoms. The van der Waals surface area contributed by atoms with Gasteiger partial charge in [-0.05, 0) is 145 Å². The van der Waals surface area contributed by atoms with Crippen LogP contribution in [0.3, 0.4) is 0 Å². The molecule has 0 N–H and O–H groups in total. The standard InChI is InChI=1S/C30H28.C19H14.C13H12.C2H6/c1-4-9-25-26-12-7-8-13-27(26)30-19-23(16-17-28(25)30)22-15-14-21(3)29(18-22)24-11-6-5-10-20(24)2;1-13-10-11-18-16-8-3-2-6-14(16)15-7-4-5-9-17(15)19(18)12-13;1-11-6-5-9-13(10-11)12-7-3-2-4-8-12;1-2/h5-8,10-19,25H,4,9H2,1-3H3;2-12H,1H3;2-10H,1H3;1-2H3. The first-order valence-corrected chi connectivity index (χ1v) is 23.2. The molecule has 0 saturated heterocycles. The van der Waals surface area contributed by atoms with Crippen molar-refractivity contribution in [3.63, 3.8) is 0 Å². The van der Waals surface area contributed by atoms with Gasteiger partial charge in [-0.3, -0.25) is 0 Å². The van der Waals surface area contributed by atoms with Gasteiger partial charge in [0.25, 0.3) is 0 Å². The Kier molecular flexibility index (Phi) is 13.6. The third kappa shape index (κ3) is 9.06. The molecular formula is C64H60. The van der Waals surface area contributed by atoms with Crippen LogP contribution >= 0.6 is 0 Å². The van der Waals surface area contributed by atoms with Crippen molar-refractivity contribution in [2.75, 3.05) is 0 Å². The average Bonchev–Trinajstić information content (AvgIpc) is 3.66. The number of hydrogen-bond donors (Lipinski definition) is 0. The highest BCUT2D eigenvalue weighted by atomic mass is 14.3. The lowest BCUT2D eigenvalue weighted by Gasteiger charge is -2.14. The molecule has 64 heavy (non-hydrogen) atoms. The maximum Gasteiger partial charge on any atom is 0.0102 e. The molecule has 0 heterocycles. The first kappa shape index (κ1) is 43.6. The molecule has 0 bridgehead atoms. The summed E-state index contributed by atoms with van der Waals surface area (Å²) in [6.07, 6.45) is 2.42. The Bertz CT molecular complexity index is 3150. The minimum absolute atomic E-state index is 0.538. The van der Waals surface area contributed by atoms with Crippen LogP contribution in [0.15, 0.2) is 206 Å². The minimum Gasteiger partial charge on any atom is -0.0683 e. The van der Waals surface area contributed by atoms with Crippen molar-refractivity contribution in [3.8, 4) is 44.5 Å². The predicted molar refractivity (Wildman–Crippen MR) is 281 cm³/mol. The smallest absolute Gasteiger partial charge is 0.0102 e. The minimum atomic E-state index is 0.538. The Hall–Kier alpha value is -7.02. The molecule has 0 amide bonds. The first-order chi connectivity index (χ1) is 31.4. The van der Waals surface area contributed by atoms with E-state index in [1.807, 2.05) is 19.9 Å². The van der Waals surface area contributed by atoms with E-state index < -0.39 is 0 Å². The summed E-state index contributed by atoms with van der Waals surface area (Å²) in [7, 11) is 0. The summed E-state index contributed by atoms with van der Waals surface area (Å²) in [6.45, 7) is 15.0. The van der Waals surface area contributed by atoms with Gasteiger partial charge in [0, 0.05) is 5.92 Å². The molecule has 10 aromatic rings. The van der Waals surface area contributed by atoms with Crippen LogP contribution in [0.25, 0.3) is 76.8 Å². The summed E-state index contributed by atoms with van der Waals surface area (Å²) in [4.78, 5) is 0. The second-order valence-corrected chi connectivity index (χ2v) is 17.0. The topological polar surface area (TPSA) is 0 Å². The van der Waals surface area contributed by atoms with Crippen molar-refractivity contribution >= 4 is 32.3 Å². The van der Waals surface area contributed by atoms with E-state index in [1.165, 1.54) is 123 Å². The fourth-order valence-electron chi connectivity index (χ4n) is 9.53. The highest BCUT2D eigenvalue weighted by Gasteiger charge is 2.28. The molecule has 0 nitrogen and oxygen atoms in total.